The number of carbonyl (C=O) groups is 1. The lowest BCUT2D eigenvalue weighted by Crippen LogP contribution is -2.16. The van der Waals surface area contributed by atoms with Crippen LogP contribution < -0.4 is 10.6 Å². The van der Waals surface area contributed by atoms with Gasteiger partial charge in [0.1, 0.15) is 17.3 Å². The molecular weight excluding hydrogens is 360 g/mol. The number of aryl methyl sites for hydroxylation is 2. The predicted octanol–water partition coefficient (Wildman–Crippen LogP) is 4.65. The summed E-state index contributed by atoms with van der Waals surface area (Å²) in [4.78, 5) is 21.1. The van der Waals surface area contributed by atoms with E-state index in [1.54, 1.807) is 13.0 Å². The molecule has 0 aliphatic rings. The van der Waals surface area contributed by atoms with E-state index in [9.17, 15) is 4.79 Å². The molecule has 0 spiro atoms. The maximum absolute atomic E-state index is 12.5. The highest BCUT2D eigenvalue weighted by atomic mass is 35.5. The average Bonchev–Trinajstić information content (AvgIpc) is 2.61. The minimum absolute atomic E-state index is 0.260. The molecule has 0 radical (unpaired) electrons. The van der Waals surface area contributed by atoms with Crippen molar-refractivity contribution in [3.05, 3.63) is 82.3 Å². The molecule has 0 bridgehead atoms. The smallest absolute Gasteiger partial charge is 0.274 e. The van der Waals surface area contributed by atoms with E-state index in [4.69, 9.17) is 11.6 Å². The maximum atomic E-state index is 12.5. The third-order valence-electron chi connectivity index (χ3n) is 3.96. The maximum Gasteiger partial charge on any atom is 0.274 e. The number of carbonyl (C=O) groups excluding carboxylic acids is 1. The molecule has 0 saturated carbocycles. The number of aromatic nitrogens is 2. The number of nitrogens with zero attached hydrogens (tertiary/aromatic N) is 2. The van der Waals surface area contributed by atoms with Gasteiger partial charge in [0.2, 0.25) is 0 Å². The first-order chi connectivity index (χ1) is 13.0. The second kappa shape index (κ2) is 8.64. The summed E-state index contributed by atoms with van der Waals surface area (Å²) in [6.07, 6.45) is 0.800. The number of rotatable bonds is 6. The Hall–Kier alpha value is -2.92. The average molecular weight is 381 g/mol. The highest BCUT2D eigenvalue weighted by Crippen LogP contribution is 2.14. The van der Waals surface area contributed by atoms with Gasteiger partial charge >= 0.3 is 0 Å². The summed E-state index contributed by atoms with van der Waals surface area (Å²) in [5.41, 5.74) is 3.29. The Labute approximate surface area is 163 Å². The number of hydrogen-bond donors (Lipinski definition) is 2. The Morgan fingerprint density at radius 1 is 1.04 bits per heavy atom. The van der Waals surface area contributed by atoms with E-state index < -0.39 is 0 Å². The van der Waals surface area contributed by atoms with Crippen LogP contribution in [0.2, 0.25) is 5.02 Å². The van der Waals surface area contributed by atoms with E-state index in [0.29, 0.717) is 23.9 Å². The van der Waals surface area contributed by atoms with Crippen LogP contribution in [-0.2, 0) is 6.42 Å². The first-order valence-corrected chi connectivity index (χ1v) is 9.09. The van der Waals surface area contributed by atoms with Crippen molar-refractivity contribution in [1.29, 1.82) is 0 Å². The fraction of sp³-hybridized carbons (Fsp3) is 0.190. The summed E-state index contributed by atoms with van der Waals surface area (Å²) in [6.45, 7) is 4.42. The van der Waals surface area contributed by atoms with Crippen molar-refractivity contribution < 1.29 is 4.79 Å². The van der Waals surface area contributed by atoms with Crippen molar-refractivity contribution in [2.24, 2.45) is 0 Å². The summed E-state index contributed by atoms with van der Waals surface area (Å²) in [5.74, 6) is 0.903. The minimum Gasteiger partial charge on any atom is -0.370 e. The zero-order chi connectivity index (χ0) is 19.2. The zero-order valence-electron chi connectivity index (χ0n) is 15.3. The van der Waals surface area contributed by atoms with Crippen LogP contribution in [-0.4, -0.2) is 22.4 Å². The molecule has 27 heavy (non-hydrogen) atoms. The van der Waals surface area contributed by atoms with Crippen LogP contribution in [0.4, 0.5) is 11.5 Å². The van der Waals surface area contributed by atoms with Gasteiger partial charge in [-0.2, -0.15) is 0 Å². The number of hydrogen-bond acceptors (Lipinski definition) is 4. The van der Waals surface area contributed by atoms with Gasteiger partial charge in [-0.25, -0.2) is 9.97 Å². The van der Waals surface area contributed by atoms with Crippen LogP contribution in [0.3, 0.4) is 0 Å². The normalized spacial score (nSPS) is 10.5. The van der Waals surface area contributed by atoms with E-state index >= 15 is 0 Å². The Balaban J connectivity index is 1.65. The van der Waals surface area contributed by atoms with Crippen LogP contribution in [0.1, 0.15) is 27.4 Å². The molecule has 5 nitrogen and oxygen atoms in total. The largest absolute Gasteiger partial charge is 0.370 e. The lowest BCUT2D eigenvalue weighted by atomic mass is 10.1. The van der Waals surface area contributed by atoms with Crippen molar-refractivity contribution in [3.63, 3.8) is 0 Å². The van der Waals surface area contributed by atoms with Crippen molar-refractivity contribution >= 4 is 29.0 Å². The first-order valence-electron chi connectivity index (χ1n) is 8.71. The molecule has 1 amide bonds. The molecule has 6 heteroatoms. The number of halogens is 1. The molecule has 3 aromatic rings. The monoisotopic (exact) mass is 380 g/mol. The van der Waals surface area contributed by atoms with Gasteiger partial charge in [0.05, 0.1) is 0 Å². The van der Waals surface area contributed by atoms with Gasteiger partial charge < -0.3 is 10.6 Å². The SMILES string of the molecule is Cc1cccc(NC(=O)c2cc(NCCc3cccc(Cl)c3)nc(C)n2)c1. The van der Waals surface area contributed by atoms with E-state index in [1.165, 1.54) is 0 Å². The van der Waals surface area contributed by atoms with Gasteiger partial charge in [0, 0.05) is 23.3 Å². The summed E-state index contributed by atoms with van der Waals surface area (Å²) in [7, 11) is 0. The van der Waals surface area contributed by atoms with Crippen LogP contribution in [0.15, 0.2) is 54.6 Å². The lowest BCUT2D eigenvalue weighted by Gasteiger charge is -2.10. The molecule has 138 valence electrons. The van der Waals surface area contributed by atoms with Gasteiger partial charge in [0.25, 0.3) is 5.91 Å². The Morgan fingerprint density at radius 3 is 2.63 bits per heavy atom. The third-order valence-corrected chi connectivity index (χ3v) is 4.19. The summed E-state index contributed by atoms with van der Waals surface area (Å²) in [6, 6.07) is 17.1. The van der Waals surface area contributed by atoms with E-state index in [1.807, 2.05) is 55.5 Å². The molecule has 3 rings (SSSR count). The van der Waals surface area contributed by atoms with Gasteiger partial charge in [-0.05, 0) is 55.7 Å². The number of benzene rings is 2. The van der Waals surface area contributed by atoms with Gasteiger partial charge in [0.15, 0.2) is 0 Å². The Bertz CT molecular complexity index is 958. The molecule has 2 N–H and O–H groups in total. The van der Waals surface area contributed by atoms with Crippen molar-refractivity contribution in [2.45, 2.75) is 20.3 Å². The van der Waals surface area contributed by atoms with Gasteiger partial charge in [-0.3, -0.25) is 4.79 Å². The molecule has 1 heterocycles. The van der Waals surface area contributed by atoms with Crippen LogP contribution in [0.5, 0.6) is 0 Å². The van der Waals surface area contributed by atoms with Crippen LogP contribution in [0, 0.1) is 13.8 Å². The number of amides is 1. The third kappa shape index (κ3) is 5.53. The molecule has 1 aromatic heterocycles. The predicted molar refractivity (Wildman–Crippen MR) is 110 cm³/mol. The molecular formula is C21H21ClN4O. The second-order valence-electron chi connectivity index (χ2n) is 6.32. The van der Waals surface area contributed by atoms with E-state index in [-0.39, 0.29) is 5.91 Å². The zero-order valence-corrected chi connectivity index (χ0v) is 16.0. The molecule has 0 unspecified atom stereocenters. The quantitative estimate of drug-likeness (QED) is 0.653. The van der Waals surface area contributed by atoms with Gasteiger partial charge in [-0.15, -0.1) is 0 Å². The minimum atomic E-state index is -0.260. The Kier molecular flexibility index (Phi) is 6.04. The highest BCUT2D eigenvalue weighted by Gasteiger charge is 2.11. The second-order valence-corrected chi connectivity index (χ2v) is 6.75. The van der Waals surface area contributed by atoms with Crippen LogP contribution >= 0.6 is 11.6 Å². The molecule has 2 aromatic carbocycles. The van der Waals surface area contributed by atoms with E-state index in [0.717, 1.165) is 28.3 Å². The summed E-state index contributed by atoms with van der Waals surface area (Å²) < 4.78 is 0. The summed E-state index contributed by atoms with van der Waals surface area (Å²) in [5, 5.41) is 6.84. The van der Waals surface area contributed by atoms with Gasteiger partial charge in [-0.1, -0.05) is 35.9 Å². The first kappa shape index (κ1) is 18.9. The highest BCUT2D eigenvalue weighted by molar-refractivity contribution is 6.30. The topological polar surface area (TPSA) is 66.9 Å². The molecule has 0 aliphatic carbocycles. The standard InChI is InChI=1S/C21H21ClN4O/c1-14-5-3-8-18(11-14)26-21(27)19-13-20(25-15(2)24-19)23-10-9-16-6-4-7-17(22)12-16/h3-8,11-13H,9-10H2,1-2H3,(H,26,27)(H,23,24,25). The van der Waals surface area contributed by atoms with E-state index in [2.05, 4.69) is 20.6 Å². The summed E-state index contributed by atoms with van der Waals surface area (Å²) >= 11 is 6.01. The molecule has 0 aliphatic heterocycles. The Morgan fingerprint density at radius 2 is 1.85 bits per heavy atom. The number of anilines is 2. The molecule has 0 fully saturated rings. The van der Waals surface area contributed by atoms with Crippen molar-refractivity contribution in [1.82, 2.24) is 9.97 Å². The van der Waals surface area contributed by atoms with Crippen molar-refractivity contribution in [2.75, 3.05) is 17.2 Å². The number of nitrogens with one attached hydrogen (secondary N) is 2. The lowest BCUT2D eigenvalue weighted by molar-refractivity contribution is 0.102. The molecule has 0 saturated heterocycles. The fourth-order valence-electron chi connectivity index (χ4n) is 2.72. The van der Waals surface area contributed by atoms with Crippen LogP contribution in [0.25, 0.3) is 0 Å². The molecule has 0 atom stereocenters. The van der Waals surface area contributed by atoms with Crippen molar-refractivity contribution in [3.8, 4) is 0 Å². The fourth-order valence-corrected chi connectivity index (χ4v) is 2.93.